The van der Waals surface area contributed by atoms with Gasteiger partial charge in [-0.3, -0.25) is 4.79 Å². The number of carbonyl (C=O) groups is 1. The smallest absolute Gasteiger partial charge is 0.237 e. The minimum absolute atomic E-state index is 0.0720. The van der Waals surface area contributed by atoms with Crippen molar-refractivity contribution < 1.29 is 4.79 Å². The molecule has 1 aliphatic carbocycles. The van der Waals surface area contributed by atoms with Crippen LogP contribution in [0.5, 0.6) is 0 Å². The summed E-state index contributed by atoms with van der Waals surface area (Å²) >= 11 is 0. The second kappa shape index (κ2) is 6.93. The summed E-state index contributed by atoms with van der Waals surface area (Å²) in [4.78, 5) is 12.0. The molecule has 0 heterocycles. The van der Waals surface area contributed by atoms with Crippen LogP contribution in [0.25, 0.3) is 0 Å². The lowest BCUT2D eigenvalue weighted by atomic mass is 9.71. The molecule has 0 spiro atoms. The molecule has 1 saturated carbocycles. The van der Waals surface area contributed by atoms with E-state index >= 15 is 0 Å². The molecule has 1 atom stereocenters. The van der Waals surface area contributed by atoms with Crippen LogP contribution in [0.4, 0.5) is 0 Å². The standard InChI is InChI=1S/C16H28N2O/c1-12(2)14(10-17)15(19)18-11-16(3,4)13-8-6-5-7-9-13/h12-14H,5-9,11H2,1-4H3,(H,18,19). The summed E-state index contributed by atoms with van der Waals surface area (Å²) in [6, 6.07) is 2.11. The average Bonchev–Trinajstić information content (AvgIpc) is 2.38. The Hall–Kier alpha value is -1.04. The molecule has 1 fully saturated rings. The van der Waals surface area contributed by atoms with Crippen LogP contribution in [0.15, 0.2) is 0 Å². The van der Waals surface area contributed by atoms with E-state index in [1.54, 1.807) is 0 Å². The highest BCUT2D eigenvalue weighted by atomic mass is 16.1. The second-order valence-electron chi connectivity index (χ2n) is 6.89. The summed E-state index contributed by atoms with van der Waals surface area (Å²) < 4.78 is 0. The highest BCUT2D eigenvalue weighted by Crippen LogP contribution is 2.37. The van der Waals surface area contributed by atoms with E-state index in [4.69, 9.17) is 5.26 Å². The summed E-state index contributed by atoms with van der Waals surface area (Å²) in [5.74, 6) is 0.132. The predicted molar refractivity (Wildman–Crippen MR) is 77.3 cm³/mol. The van der Waals surface area contributed by atoms with Gasteiger partial charge in [0, 0.05) is 6.54 Å². The number of rotatable bonds is 5. The van der Waals surface area contributed by atoms with Crippen molar-refractivity contribution >= 4 is 5.91 Å². The zero-order chi connectivity index (χ0) is 14.5. The maximum absolute atomic E-state index is 12.0. The van der Waals surface area contributed by atoms with E-state index in [1.807, 2.05) is 13.8 Å². The van der Waals surface area contributed by atoms with Crippen molar-refractivity contribution in [1.82, 2.24) is 5.32 Å². The molecular formula is C16H28N2O. The fourth-order valence-electron chi connectivity index (χ4n) is 2.96. The molecule has 0 aromatic carbocycles. The number of nitriles is 1. The number of nitrogens with one attached hydrogen (secondary N) is 1. The van der Waals surface area contributed by atoms with Crippen LogP contribution in [-0.4, -0.2) is 12.5 Å². The Bertz CT molecular complexity index is 335. The summed E-state index contributed by atoms with van der Waals surface area (Å²) in [5, 5.41) is 12.0. The molecule has 0 bridgehead atoms. The SMILES string of the molecule is CC(C)C(C#N)C(=O)NCC(C)(C)C1CCCCC1. The monoisotopic (exact) mass is 264 g/mol. The van der Waals surface area contributed by atoms with E-state index in [2.05, 4.69) is 25.2 Å². The van der Waals surface area contributed by atoms with Crippen molar-refractivity contribution in [3.05, 3.63) is 0 Å². The van der Waals surface area contributed by atoms with E-state index in [0.717, 1.165) is 0 Å². The first-order valence-corrected chi connectivity index (χ1v) is 7.56. The first kappa shape index (κ1) is 16.0. The molecule has 0 aliphatic heterocycles. The number of carbonyl (C=O) groups excluding carboxylic acids is 1. The van der Waals surface area contributed by atoms with E-state index < -0.39 is 5.92 Å². The summed E-state index contributed by atoms with van der Waals surface area (Å²) in [7, 11) is 0. The molecular weight excluding hydrogens is 236 g/mol. The summed E-state index contributed by atoms with van der Waals surface area (Å²) in [6.45, 7) is 8.99. The number of hydrogen-bond acceptors (Lipinski definition) is 2. The van der Waals surface area contributed by atoms with Crippen LogP contribution in [0.1, 0.15) is 59.8 Å². The van der Waals surface area contributed by atoms with Gasteiger partial charge in [0.15, 0.2) is 0 Å². The Balaban J connectivity index is 2.50. The van der Waals surface area contributed by atoms with Gasteiger partial charge in [-0.25, -0.2) is 0 Å². The maximum Gasteiger partial charge on any atom is 0.237 e. The van der Waals surface area contributed by atoms with Gasteiger partial charge in [0.2, 0.25) is 5.91 Å². The maximum atomic E-state index is 12.0. The van der Waals surface area contributed by atoms with Crippen molar-refractivity contribution in [2.45, 2.75) is 59.8 Å². The van der Waals surface area contributed by atoms with E-state index in [1.165, 1.54) is 32.1 Å². The minimum Gasteiger partial charge on any atom is -0.354 e. The van der Waals surface area contributed by atoms with Crippen molar-refractivity contribution in [3.63, 3.8) is 0 Å². The average molecular weight is 264 g/mol. The van der Waals surface area contributed by atoms with E-state index in [0.29, 0.717) is 12.5 Å². The van der Waals surface area contributed by atoms with Crippen LogP contribution >= 0.6 is 0 Å². The third-order valence-electron chi connectivity index (χ3n) is 4.52. The normalized spacial score (nSPS) is 18.9. The lowest BCUT2D eigenvalue weighted by Crippen LogP contribution is -2.42. The van der Waals surface area contributed by atoms with Gasteiger partial charge in [-0.05, 0) is 30.1 Å². The van der Waals surface area contributed by atoms with Gasteiger partial charge < -0.3 is 5.32 Å². The van der Waals surface area contributed by atoms with Crippen molar-refractivity contribution in [2.75, 3.05) is 6.54 Å². The molecule has 0 aromatic heterocycles. The molecule has 0 saturated heterocycles. The fraction of sp³-hybridized carbons (Fsp3) is 0.875. The number of amides is 1. The summed E-state index contributed by atoms with van der Waals surface area (Å²) in [6.07, 6.45) is 6.52. The molecule has 1 rings (SSSR count). The fourth-order valence-corrected chi connectivity index (χ4v) is 2.96. The van der Waals surface area contributed by atoms with E-state index in [9.17, 15) is 4.79 Å². The van der Waals surface area contributed by atoms with Crippen LogP contribution in [-0.2, 0) is 4.79 Å². The second-order valence-corrected chi connectivity index (χ2v) is 6.89. The molecule has 1 amide bonds. The van der Waals surface area contributed by atoms with Gasteiger partial charge in [-0.15, -0.1) is 0 Å². The summed E-state index contributed by atoms with van der Waals surface area (Å²) in [5.41, 5.74) is 0.132. The third-order valence-corrected chi connectivity index (χ3v) is 4.52. The number of nitrogens with zero attached hydrogens (tertiary/aromatic N) is 1. The van der Waals surface area contributed by atoms with Crippen molar-refractivity contribution in [1.29, 1.82) is 5.26 Å². The Morgan fingerprint density at radius 3 is 2.37 bits per heavy atom. The predicted octanol–water partition coefficient (Wildman–Crippen LogP) is 3.50. The highest BCUT2D eigenvalue weighted by Gasteiger charge is 2.32. The quantitative estimate of drug-likeness (QED) is 0.826. The first-order valence-electron chi connectivity index (χ1n) is 7.56. The van der Waals surface area contributed by atoms with Gasteiger partial charge in [-0.2, -0.15) is 5.26 Å². The molecule has 1 N–H and O–H groups in total. The van der Waals surface area contributed by atoms with Crippen LogP contribution in [0.3, 0.4) is 0 Å². The van der Waals surface area contributed by atoms with Crippen LogP contribution < -0.4 is 5.32 Å². The Labute approximate surface area is 117 Å². The lowest BCUT2D eigenvalue weighted by molar-refractivity contribution is -0.125. The third kappa shape index (κ3) is 4.53. The largest absolute Gasteiger partial charge is 0.354 e. The molecule has 1 unspecified atom stereocenters. The topological polar surface area (TPSA) is 52.9 Å². The Kier molecular flexibility index (Phi) is 5.85. The highest BCUT2D eigenvalue weighted by molar-refractivity contribution is 5.81. The zero-order valence-corrected chi connectivity index (χ0v) is 12.8. The minimum atomic E-state index is -0.526. The Morgan fingerprint density at radius 2 is 1.89 bits per heavy atom. The first-order chi connectivity index (χ1) is 8.88. The lowest BCUT2D eigenvalue weighted by Gasteiger charge is -2.37. The van der Waals surface area contributed by atoms with Crippen molar-refractivity contribution in [2.24, 2.45) is 23.2 Å². The van der Waals surface area contributed by atoms with Gasteiger partial charge in [0.1, 0.15) is 5.92 Å². The van der Waals surface area contributed by atoms with Crippen molar-refractivity contribution in [3.8, 4) is 6.07 Å². The molecule has 1 aliphatic rings. The zero-order valence-electron chi connectivity index (χ0n) is 12.8. The van der Waals surface area contributed by atoms with Gasteiger partial charge in [-0.1, -0.05) is 47.0 Å². The van der Waals surface area contributed by atoms with Crippen LogP contribution in [0, 0.1) is 34.5 Å². The molecule has 0 radical (unpaired) electrons. The molecule has 3 nitrogen and oxygen atoms in total. The molecule has 108 valence electrons. The number of hydrogen-bond donors (Lipinski definition) is 1. The molecule has 3 heteroatoms. The van der Waals surface area contributed by atoms with E-state index in [-0.39, 0.29) is 17.2 Å². The molecule has 0 aromatic rings. The van der Waals surface area contributed by atoms with Gasteiger partial charge in [0.25, 0.3) is 0 Å². The van der Waals surface area contributed by atoms with Crippen LogP contribution in [0.2, 0.25) is 0 Å². The molecule has 19 heavy (non-hydrogen) atoms. The van der Waals surface area contributed by atoms with Gasteiger partial charge in [0.05, 0.1) is 6.07 Å². The van der Waals surface area contributed by atoms with Gasteiger partial charge >= 0.3 is 0 Å². The Morgan fingerprint density at radius 1 is 1.32 bits per heavy atom.